The Morgan fingerprint density at radius 2 is 1.84 bits per heavy atom. The summed E-state index contributed by atoms with van der Waals surface area (Å²) in [5.41, 5.74) is 1.73. The highest BCUT2D eigenvalue weighted by Gasteiger charge is 2.23. The van der Waals surface area contributed by atoms with Gasteiger partial charge in [0.15, 0.2) is 5.65 Å². The van der Waals surface area contributed by atoms with Crippen LogP contribution in [0.15, 0.2) is 30.7 Å². The fourth-order valence-electron chi connectivity index (χ4n) is 3.68. The van der Waals surface area contributed by atoms with Crippen molar-refractivity contribution in [3.05, 3.63) is 51.3 Å². The number of hydrogen-bond donors (Lipinski definition) is 0. The first-order valence-corrected chi connectivity index (χ1v) is 11.6. The number of anilines is 2. The molecule has 0 saturated carbocycles. The highest BCUT2D eigenvalue weighted by molar-refractivity contribution is 7.15. The van der Waals surface area contributed by atoms with E-state index in [1.54, 1.807) is 23.7 Å². The van der Waals surface area contributed by atoms with E-state index >= 15 is 0 Å². The fourth-order valence-corrected chi connectivity index (χ4v) is 4.98. The second-order valence-corrected chi connectivity index (χ2v) is 9.16. The molecule has 31 heavy (non-hydrogen) atoms. The highest BCUT2D eigenvalue weighted by atomic mass is 35.5. The third-order valence-electron chi connectivity index (χ3n) is 5.36. The van der Waals surface area contributed by atoms with Gasteiger partial charge in [0.25, 0.3) is 0 Å². The molecule has 0 amide bonds. The maximum absolute atomic E-state index is 6.35. The van der Waals surface area contributed by atoms with Crippen molar-refractivity contribution in [2.75, 3.05) is 36.0 Å². The number of nitrogens with zero attached hydrogens (tertiary/aromatic N) is 8. The van der Waals surface area contributed by atoms with Gasteiger partial charge in [-0.3, -0.25) is 0 Å². The van der Waals surface area contributed by atoms with Crippen LogP contribution in [-0.4, -0.2) is 56.1 Å². The Hall–Kier alpha value is -2.49. The Labute approximate surface area is 193 Å². The molecule has 4 heterocycles. The van der Waals surface area contributed by atoms with Crippen LogP contribution in [0, 0.1) is 0 Å². The van der Waals surface area contributed by atoms with Crippen molar-refractivity contribution < 1.29 is 0 Å². The Kier molecular flexibility index (Phi) is 5.64. The van der Waals surface area contributed by atoms with Crippen molar-refractivity contribution in [2.45, 2.75) is 19.9 Å². The standard InChI is InChI=1S/C20H20Cl2N8S/c1-2-17-26-27-20(31-17)29-7-5-28(6-8-29)18-15-10-25-30(19(15)24-12-23-18)11-13-3-4-14(21)9-16(13)22/h3-4,9-10,12H,2,5-8,11H2,1H3. The van der Waals surface area contributed by atoms with Crippen molar-refractivity contribution in [3.63, 3.8) is 0 Å². The highest BCUT2D eigenvalue weighted by Crippen LogP contribution is 2.28. The number of piperazine rings is 1. The molecule has 1 saturated heterocycles. The van der Waals surface area contributed by atoms with E-state index in [1.165, 1.54) is 0 Å². The van der Waals surface area contributed by atoms with E-state index in [9.17, 15) is 0 Å². The summed E-state index contributed by atoms with van der Waals surface area (Å²) in [6.07, 6.45) is 4.35. The van der Waals surface area contributed by atoms with E-state index in [1.807, 2.05) is 23.0 Å². The summed E-state index contributed by atoms with van der Waals surface area (Å²) in [6.45, 7) is 6.06. The Morgan fingerprint density at radius 3 is 2.58 bits per heavy atom. The minimum absolute atomic E-state index is 0.514. The minimum atomic E-state index is 0.514. The van der Waals surface area contributed by atoms with Crippen molar-refractivity contribution in [2.24, 2.45) is 0 Å². The van der Waals surface area contributed by atoms with Gasteiger partial charge in [-0.25, -0.2) is 14.6 Å². The average Bonchev–Trinajstić information content (AvgIpc) is 3.43. The van der Waals surface area contributed by atoms with Crippen molar-refractivity contribution in [1.29, 1.82) is 0 Å². The lowest BCUT2D eigenvalue weighted by Crippen LogP contribution is -2.46. The Bertz CT molecular complexity index is 1220. The van der Waals surface area contributed by atoms with Crippen LogP contribution in [0.25, 0.3) is 11.0 Å². The lowest BCUT2D eigenvalue weighted by atomic mass is 10.2. The summed E-state index contributed by atoms with van der Waals surface area (Å²) in [6, 6.07) is 5.48. The molecule has 1 fully saturated rings. The predicted molar refractivity (Wildman–Crippen MR) is 125 cm³/mol. The molecule has 0 aliphatic carbocycles. The van der Waals surface area contributed by atoms with Crippen LogP contribution in [0.4, 0.5) is 10.9 Å². The molecule has 0 N–H and O–H groups in total. The minimum Gasteiger partial charge on any atom is -0.352 e. The van der Waals surface area contributed by atoms with Crippen LogP contribution in [-0.2, 0) is 13.0 Å². The first-order chi connectivity index (χ1) is 15.1. The smallest absolute Gasteiger partial charge is 0.208 e. The van der Waals surface area contributed by atoms with Crippen LogP contribution >= 0.6 is 34.5 Å². The van der Waals surface area contributed by atoms with Crippen LogP contribution < -0.4 is 9.80 Å². The molecular weight excluding hydrogens is 455 g/mol. The zero-order valence-corrected chi connectivity index (χ0v) is 19.2. The zero-order chi connectivity index (χ0) is 21.4. The van der Waals surface area contributed by atoms with E-state index in [2.05, 4.69) is 42.0 Å². The molecule has 3 aromatic heterocycles. The first-order valence-electron chi connectivity index (χ1n) is 10.0. The molecule has 0 bridgehead atoms. The average molecular weight is 475 g/mol. The molecule has 4 aromatic rings. The van der Waals surface area contributed by atoms with Crippen molar-refractivity contribution in [1.82, 2.24) is 29.9 Å². The molecular formula is C20H20Cl2N8S. The van der Waals surface area contributed by atoms with Crippen LogP contribution in [0.3, 0.4) is 0 Å². The summed E-state index contributed by atoms with van der Waals surface area (Å²) in [5, 5.41) is 17.4. The van der Waals surface area contributed by atoms with Gasteiger partial charge in [0.2, 0.25) is 5.13 Å². The van der Waals surface area contributed by atoms with E-state index in [0.29, 0.717) is 16.6 Å². The maximum atomic E-state index is 6.35. The number of fused-ring (bicyclic) bond motifs is 1. The normalized spacial score (nSPS) is 14.5. The topological polar surface area (TPSA) is 75.9 Å². The number of aromatic nitrogens is 6. The maximum Gasteiger partial charge on any atom is 0.208 e. The number of halogens is 2. The molecule has 8 nitrogen and oxygen atoms in total. The lowest BCUT2D eigenvalue weighted by Gasteiger charge is -2.35. The first kappa shape index (κ1) is 20.4. The summed E-state index contributed by atoms with van der Waals surface area (Å²) >= 11 is 14.0. The fraction of sp³-hybridized carbons (Fsp3) is 0.350. The molecule has 0 atom stereocenters. The molecule has 0 spiro atoms. The van der Waals surface area contributed by atoms with Crippen LogP contribution in [0.5, 0.6) is 0 Å². The molecule has 5 rings (SSSR count). The zero-order valence-electron chi connectivity index (χ0n) is 16.9. The number of aryl methyl sites for hydroxylation is 1. The summed E-state index contributed by atoms with van der Waals surface area (Å²) in [4.78, 5) is 13.6. The van der Waals surface area contributed by atoms with Gasteiger partial charge in [-0.1, -0.05) is 47.5 Å². The van der Waals surface area contributed by atoms with E-state index < -0.39 is 0 Å². The van der Waals surface area contributed by atoms with E-state index in [-0.39, 0.29) is 0 Å². The second kappa shape index (κ2) is 8.57. The summed E-state index contributed by atoms with van der Waals surface area (Å²) in [5.74, 6) is 0.907. The van der Waals surface area contributed by atoms with Crippen molar-refractivity contribution >= 4 is 56.5 Å². The van der Waals surface area contributed by atoms with Gasteiger partial charge in [-0.2, -0.15) is 5.10 Å². The molecule has 1 aliphatic rings. The number of rotatable bonds is 5. The lowest BCUT2D eigenvalue weighted by molar-refractivity contribution is 0.645. The largest absolute Gasteiger partial charge is 0.352 e. The Morgan fingerprint density at radius 1 is 1.03 bits per heavy atom. The van der Waals surface area contributed by atoms with Gasteiger partial charge in [-0.15, -0.1) is 10.2 Å². The van der Waals surface area contributed by atoms with Gasteiger partial charge in [0.1, 0.15) is 17.2 Å². The monoisotopic (exact) mass is 474 g/mol. The molecule has 11 heteroatoms. The second-order valence-electron chi connectivity index (χ2n) is 7.28. The van der Waals surface area contributed by atoms with Gasteiger partial charge < -0.3 is 9.80 Å². The van der Waals surface area contributed by atoms with Gasteiger partial charge in [0, 0.05) is 36.2 Å². The molecule has 0 unspecified atom stereocenters. The number of hydrogen-bond acceptors (Lipinski definition) is 8. The molecule has 0 radical (unpaired) electrons. The summed E-state index contributed by atoms with van der Waals surface area (Å²) in [7, 11) is 0. The number of benzene rings is 1. The Balaban J connectivity index is 1.35. The molecule has 1 aromatic carbocycles. The third kappa shape index (κ3) is 4.05. The predicted octanol–water partition coefficient (Wildman–Crippen LogP) is 3.92. The van der Waals surface area contributed by atoms with Gasteiger partial charge in [0.05, 0.1) is 18.1 Å². The van der Waals surface area contributed by atoms with Crippen LogP contribution in [0.1, 0.15) is 17.5 Å². The summed E-state index contributed by atoms with van der Waals surface area (Å²) < 4.78 is 1.85. The molecule has 1 aliphatic heterocycles. The van der Waals surface area contributed by atoms with Gasteiger partial charge >= 0.3 is 0 Å². The molecule has 160 valence electrons. The van der Waals surface area contributed by atoms with E-state index in [0.717, 1.165) is 65.2 Å². The van der Waals surface area contributed by atoms with Crippen LogP contribution in [0.2, 0.25) is 10.0 Å². The van der Waals surface area contributed by atoms with E-state index in [4.69, 9.17) is 23.2 Å². The van der Waals surface area contributed by atoms with Crippen molar-refractivity contribution in [3.8, 4) is 0 Å². The quantitative estimate of drug-likeness (QED) is 0.433. The SMILES string of the molecule is CCc1nnc(N2CCN(c3ncnc4c3cnn4Cc3ccc(Cl)cc3Cl)CC2)s1. The third-order valence-corrected chi connectivity index (χ3v) is 7.07. The van der Waals surface area contributed by atoms with Gasteiger partial charge in [-0.05, 0) is 24.1 Å².